The van der Waals surface area contributed by atoms with Crippen molar-refractivity contribution in [2.75, 3.05) is 27.3 Å². The summed E-state index contributed by atoms with van der Waals surface area (Å²) in [6.07, 6.45) is 0.725. The molecule has 3 aromatic rings. The van der Waals surface area contributed by atoms with Gasteiger partial charge in [0.05, 0.1) is 19.7 Å². The highest BCUT2D eigenvalue weighted by molar-refractivity contribution is 5.88. The number of methoxy groups -OCH3 is 2. The van der Waals surface area contributed by atoms with Crippen molar-refractivity contribution in [3.05, 3.63) is 48.0 Å². The van der Waals surface area contributed by atoms with E-state index in [1.54, 1.807) is 18.9 Å². The highest BCUT2D eigenvalue weighted by atomic mass is 16.5. The van der Waals surface area contributed by atoms with Crippen LogP contribution in [0.3, 0.4) is 0 Å². The lowest BCUT2D eigenvalue weighted by Crippen LogP contribution is -2.37. The third-order valence-electron chi connectivity index (χ3n) is 4.37. The standard InChI is InChI=1S/C19H23N5O2/c1-4-23(13-12-14-8-7-11-17(25-2)18(14)26-3)19(20)24-16-10-6-5-9-15(16)21-22-24/h5-11,20H,4,12-13H2,1-3H3. The fraction of sp³-hybridized carbons (Fsp3) is 0.316. The molecule has 0 spiro atoms. The van der Waals surface area contributed by atoms with Crippen molar-refractivity contribution >= 4 is 17.0 Å². The monoisotopic (exact) mass is 353 g/mol. The summed E-state index contributed by atoms with van der Waals surface area (Å²) < 4.78 is 12.4. The molecule has 0 aliphatic carbocycles. The van der Waals surface area contributed by atoms with Crippen molar-refractivity contribution in [3.63, 3.8) is 0 Å². The topological polar surface area (TPSA) is 76.3 Å². The smallest absolute Gasteiger partial charge is 0.220 e. The first-order chi connectivity index (χ1) is 12.7. The minimum Gasteiger partial charge on any atom is -0.493 e. The van der Waals surface area contributed by atoms with E-state index >= 15 is 0 Å². The second-order valence-electron chi connectivity index (χ2n) is 5.80. The number of fused-ring (bicyclic) bond motifs is 1. The zero-order valence-corrected chi connectivity index (χ0v) is 15.3. The van der Waals surface area contributed by atoms with Gasteiger partial charge in [-0.1, -0.05) is 29.5 Å². The lowest BCUT2D eigenvalue weighted by Gasteiger charge is -2.23. The molecular formula is C19H23N5O2. The molecule has 0 aliphatic rings. The lowest BCUT2D eigenvalue weighted by molar-refractivity contribution is 0.349. The molecule has 0 saturated heterocycles. The summed E-state index contributed by atoms with van der Waals surface area (Å²) in [6.45, 7) is 3.38. The molecule has 0 amide bonds. The second-order valence-corrected chi connectivity index (χ2v) is 5.80. The zero-order chi connectivity index (χ0) is 18.5. The number of para-hydroxylation sites is 2. The van der Waals surface area contributed by atoms with Gasteiger partial charge in [-0.3, -0.25) is 5.41 Å². The van der Waals surface area contributed by atoms with Gasteiger partial charge in [-0.25, -0.2) is 0 Å². The van der Waals surface area contributed by atoms with Crippen molar-refractivity contribution in [3.8, 4) is 11.5 Å². The van der Waals surface area contributed by atoms with Gasteiger partial charge < -0.3 is 14.4 Å². The number of rotatable bonds is 6. The van der Waals surface area contributed by atoms with Crippen molar-refractivity contribution < 1.29 is 9.47 Å². The van der Waals surface area contributed by atoms with Crippen LogP contribution in [0.25, 0.3) is 11.0 Å². The second kappa shape index (κ2) is 7.86. The third-order valence-corrected chi connectivity index (χ3v) is 4.37. The molecule has 0 bridgehead atoms. The molecule has 0 unspecified atom stereocenters. The molecule has 7 nitrogen and oxygen atoms in total. The van der Waals surface area contributed by atoms with Crippen LogP contribution < -0.4 is 9.47 Å². The summed E-state index contributed by atoms with van der Waals surface area (Å²) in [6, 6.07) is 13.5. The Labute approximate surface area is 152 Å². The van der Waals surface area contributed by atoms with Crippen LogP contribution in [-0.2, 0) is 6.42 Å². The van der Waals surface area contributed by atoms with Gasteiger partial charge >= 0.3 is 0 Å². The predicted octanol–water partition coefficient (Wildman–Crippen LogP) is 2.80. The minimum atomic E-state index is 0.308. The zero-order valence-electron chi connectivity index (χ0n) is 15.3. The molecular weight excluding hydrogens is 330 g/mol. The average molecular weight is 353 g/mol. The molecule has 1 N–H and O–H groups in total. The molecule has 0 atom stereocenters. The van der Waals surface area contributed by atoms with E-state index < -0.39 is 0 Å². The Morgan fingerprint density at radius 2 is 1.92 bits per heavy atom. The van der Waals surface area contributed by atoms with E-state index in [1.165, 1.54) is 0 Å². The molecule has 1 heterocycles. The molecule has 3 rings (SSSR count). The van der Waals surface area contributed by atoms with Crippen molar-refractivity contribution in [2.24, 2.45) is 0 Å². The van der Waals surface area contributed by atoms with Crippen molar-refractivity contribution in [1.29, 1.82) is 5.41 Å². The van der Waals surface area contributed by atoms with E-state index in [2.05, 4.69) is 10.3 Å². The highest BCUT2D eigenvalue weighted by Gasteiger charge is 2.16. The molecule has 7 heteroatoms. The summed E-state index contributed by atoms with van der Waals surface area (Å²) in [5.41, 5.74) is 2.65. The summed E-state index contributed by atoms with van der Waals surface area (Å²) in [4.78, 5) is 1.96. The minimum absolute atomic E-state index is 0.308. The Morgan fingerprint density at radius 3 is 2.65 bits per heavy atom. The van der Waals surface area contributed by atoms with Crippen LogP contribution in [-0.4, -0.2) is 53.2 Å². The maximum Gasteiger partial charge on any atom is 0.220 e. The largest absolute Gasteiger partial charge is 0.493 e. The number of nitrogens with one attached hydrogen (secondary N) is 1. The first-order valence-corrected chi connectivity index (χ1v) is 8.53. The number of hydrogen-bond donors (Lipinski definition) is 1. The summed E-state index contributed by atoms with van der Waals surface area (Å²) in [5.74, 6) is 1.76. The van der Waals surface area contributed by atoms with E-state index in [0.29, 0.717) is 24.8 Å². The summed E-state index contributed by atoms with van der Waals surface area (Å²) in [5, 5.41) is 16.8. The number of hydrogen-bond acceptors (Lipinski definition) is 5. The van der Waals surface area contributed by atoms with Crippen LogP contribution >= 0.6 is 0 Å². The van der Waals surface area contributed by atoms with E-state index in [9.17, 15) is 0 Å². The van der Waals surface area contributed by atoms with Crippen molar-refractivity contribution in [1.82, 2.24) is 19.9 Å². The summed E-state index contributed by atoms with van der Waals surface area (Å²) >= 11 is 0. The van der Waals surface area contributed by atoms with Gasteiger partial charge in [0.25, 0.3) is 0 Å². The predicted molar refractivity (Wildman–Crippen MR) is 101 cm³/mol. The van der Waals surface area contributed by atoms with Crippen LogP contribution in [0.15, 0.2) is 42.5 Å². The van der Waals surface area contributed by atoms with E-state index in [-0.39, 0.29) is 0 Å². The molecule has 26 heavy (non-hydrogen) atoms. The Balaban J connectivity index is 1.79. The molecule has 0 fully saturated rings. The fourth-order valence-corrected chi connectivity index (χ4v) is 2.98. The van der Waals surface area contributed by atoms with Crippen LogP contribution in [0.2, 0.25) is 0 Å². The fourth-order valence-electron chi connectivity index (χ4n) is 2.98. The molecule has 0 saturated carbocycles. The first kappa shape index (κ1) is 17.7. The lowest BCUT2D eigenvalue weighted by atomic mass is 10.1. The average Bonchev–Trinajstić information content (AvgIpc) is 3.12. The number of likely N-dealkylation sites (N-methyl/N-ethyl adjacent to an activating group) is 1. The number of benzene rings is 2. The number of aromatic nitrogens is 3. The molecule has 0 radical (unpaired) electrons. The van der Waals surface area contributed by atoms with Gasteiger partial charge in [-0.05, 0) is 37.1 Å². The first-order valence-electron chi connectivity index (χ1n) is 8.53. The van der Waals surface area contributed by atoms with Gasteiger partial charge in [-0.15, -0.1) is 5.10 Å². The van der Waals surface area contributed by atoms with Crippen LogP contribution in [0, 0.1) is 5.41 Å². The van der Waals surface area contributed by atoms with Crippen LogP contribution in [0.1, 0.15) is 12.5 Å². The van der Waals surface area contributed by atoms with E-state index in [0.717, 1.165) is 28.8 Å². The van der Waals surface area contributed by atoms with Crippen LogP contribution in [0.4, 0.5) is 0 Å². The molecule has 2 aromatic carbocycles. The molecule has 1 aromatic heterocycles. The number of ether oxygens (including phenoxy) is 2. The Bertz CT molecular complexity index is 906. The maximum atomic E-state index is 8.56. The van der Waals surface area contributed by atoms with Crippen molar-refractivity contribution in [2.45, 2.75) is 13.3 Å². The highest BCUT2D eigenvalue weighted by Crippen LogP contribution is 2.31. The Kier molecular flexibility index (Phi) is 5.36. The summed E-state index contributed by atoms with van der Waals surface area (Å²) in [7, 11) is 3.27. The van der Waals surface area contributed by atoms with Gasteiger partial charge in [0, 0.05) is 13.1 Å². The number of nitrogens with zero attached hydrogens (tertiary/aromatic N) is 4. The van der Waals surface area contributed by atoms with E-state index in [4.69, 9.17) is 14.9 Å². The quantitative estimate of drug-likeness (QED) is 0.545. The maximum absolute atomic E-state index is 8.56. The third kappa shape index (κ3) is 3.33. The molecule has 0 aliphatic heterocycles. The molecule has 136 valence electrons. The van der Waals surface area contributed by atoms with Crippen LogP contribution in [0.5, 0.6) is 11.5 Å². The van der Waals surface area contributed by atoms with Gasteiger partial charge in [-0.2, -0.15) is 4.68 Å². The van der Waals surface area contributed by atoms with Gasteiger partial charge in [0.2, 0.25) is 5.96 Å². The van der Waals surface area contributed by atoms with E-state index in [1.807, 2.05) is 54.3 Å². The van der Waals surface area contributed by atoms with Gasteiger partial charge in [0.1, 0.15) is 5.52 Å². The van der Waals surface area contributed by atoms with Gasteiger partial charge in [0.15, 0.2) is 11.5 Å². The SMILES string of the molecule is CCN(CCc1cccc(OC)c1OC)C(=N)n1nnc2ccccc21. The Hall–Kier alpha value is -3.09. The Morgan fingerprint density at radius 1 is 1.12 bits per heavy atom. The normalized spacial score (nSPS) is 10.7.